The highest BCUT2D eigenvalue weighted by atomic mass is 32.1. The summed E-state index contributed by atoms with van der Waals surface area (Å²) >= 11 is 1.57. The van der Waals surface area contributed by atoms with Crippen LogP contribution in [0.2, 0.25) is 0 Å². The van der Waals surface area contributed by atoms with Crippen LogP contribution in [0.15, 0.2) is 30.4 Å². The summed E-state index contributed by atoms with van der Waals surface area (Å²) in [6, 6.07) is 7.82. The monoisotopic (exact) mass is 523 g/mol. The van der Waals surface area contributed by atoms with E-state index in [2.05, 4.69) is 37.9 Å². The van der Waals surface area contributed by atoms with E-state index in [9.17, 15) is 14.4 Å². The molecule has 0 spiro atoms. The molecule has 1 fully saturated rings. The third-order valence-electron chi connectivity index (χ3n) is 7.10. The van der Waals surface area contributed by atoms with Crippen molar-refractivity contribution in [1.29, 1.82) is 5.26 Å². The lowest BCUT2D eigenvalue weighted by molar-refractivity contribution is -0.130. The number of thiazole rings is 1. The zero-order valence-electron chi connectivity index (χ0n) is 22.0. The molecule has 7 nitrogen and oxygen atoms in total. The van der Waals surface area contributed by atoms with Crippen molar-refractivity contribution in [3.8, 4) is 6.07 Å². The summed E-state index contributed by atoms with van der Waals surface area (Å²) in [5.41, 5.74) is 2.08. The molecule has 0 radical (unpaired) electrons. The zero-order chi connectivity index (χ0) is 26.9. The number of nitriles is 1. The number of carbonyl (C=O) groups excluding carboxylic acids is 3. The second-order valence-electron chi connectivity index (χ2n) is 10.1. The molecular weight excluding hydrogens is 486 g/mol. The molecule has 2 heterocycles. The predicted molar refractivity (Wildman–Crippen MR) is 145 cm³/mol. The number of nitrogens with one attached hydrogen (secondary N) is 1. The Morgan fingerprint density at radius 2 is 2.00 bits per heavy atom. The van der Waals surface area contributed by atoms with Gasteiger partial charge in [-0.2, -0.15) is 5.26 Å². The van der Waals surface area contributed by atoms with Crippen molar-refractivity contribution in [3.63, 3.8) is 0 Å². The van der Waals surface area contributed by atoms with E-state index in [-0.39, 0.29) is 47.8 Å². The van der Waals surface area contributed by atoms with Gasteiger partial charge < -0.3 is 10.1 Å². The molecule has 1 aliphatic rings. The maximum atomic E-state index is 13.6. The van der Waals surface area contributed by atoms with E-state index in [1.165, 1.54) is 5.56 Å². The zero-order valence-corrected chi connectivity index (χ0v) is 22.9. The van der Waals surface area contributed by atoms with Crippen LogP contribution in [-0.4, -0.2) is 41.7 Å². The molecule has 0 saturated carbocycles. The number of allylic oxidation sites excluding steroid dienone is 1. The van der Waals surface area contributed by atoms with Crippen molar-refractivity contribution in [2.45, 2.75) is 77.7 Å². The number of amides is 1. The van der Waals surface area contributed by atoms with Crippen LogP contribution >= 0.6 is 11.3 Å². The predicted octanol–water partition coefficient (Wildman–Crippen LogP) is 5.29. The van der Waals surface area contributed by atoms with Gasteiger partial charge in [-0.15, -0.1) is 11.3 Å². The van der Waals surface area contributed by atoms with Crippen LogP contribution in [0.25, 0.3) is 10.2 Å². The molecule has 198 valence electrons. The largest absolute Gasteiger partial charge is 0.381 e. The second-order valence-corrected chi connectivity index (χ2v) is 11.2. The molecule has 0 unspecified atom stereocenters. The van der Waals surface area contributed by atoms with Crippen molar-refractivity contribution in [1.82, 2.24) is 10.3 Å². The number of hydrogen-bond donors (Lipinski definition) is 1. The Kier molecular flexibility index (Phi) is 10.5. The van der Waals surface area contributed by atoms with Crippen molar-refractivity contribution in [3.05, 3.63) is 40.9 Å². The minimum Gasteiger partial charge on any atom is -0.381 e. The molecule has 1 N–H and O–H groups in total. The van der Waals surface area contributed by atoms with Gasteiger partial charge in [-0.3, -0.25) is 14.4 Å². The molecule has 1 saturated heterocycles. The summed E-state index contributed by atoms with van der Waals surface area (Å²) in [7, 11) is 0. The molecule has 1 amide bonds. The Bertz CT molecular complexity index is 1170. The highest BCUT2D eigenvalue weighted by Crippen LogP contribution is 2.29. The van der Waals surface area contributed by atoms with Crippen LogP contribution < -0.4 is 5.32 Å². The first-order valence-corrected chi connectivity index (χ1v) is 13.9. The van der Waals surface area contributed by atoms with Gasteiger partial charge in [0.05, 0.1) is 26.7 Å². The average Bonchev–Trinajstić information content (AvgIpc) is 3.31. The van der Waals surface area contributed by atoms with Gasteiger partial charge >= 0.3 is 0 Å². The summed E-state index contributed by atoms with van der Waals surface area (Å²) in [5.74, 6) is -0.417. The number of nitrogens with zero attached hydrogens (tertiary/aromatic N) is 2. The van der Waals surface area contributed by atoms with Gasteiger partial charge in [0.2, 0.25) is 5.91 Å². The topological polar surface area (TPSA) is 109 Å². The number of Topliss-reactive ketones (excluding diaryl/α,β-unsaturated/α-hetero) is 2. The number of ketones is 2. The summed E-state index contributed by atoms with van der Waals surface area (Å²) in [4.78, 5) is 43.0. The minimum atomic E-state index is -0.537. The lowest BCUT2D eigenvalue weighted by Gasteiger charge is -2.32. The summed E-state index contributed by atoms with van der Waals surface area (Å²) in [5, 5.41) is 13.0. The SMILES string of the molecule is C=C(C#N)C(=O)CC[C@@H](NC(=O)[C@@H](CC(=O)CC)Cc1nc2ccc(C(C)C)cc2s1)C1CCOCC1. The van der Waals surface area contributed by atoms with Crippen molar-refractivity contribution in [2.75, 3.05) is 13.2 Å². The van der Waals surface area contributed by atoms with Gasteiger partial charge in [-0.1, -0.05) is 33.4 Å². The molecule has 1 aliphatic heterocycles. The number of aromatic nitrogens is 1. The number of fused-ring (bicyclic) bond motifs is 1. The Balaban J connectivity index is 1.78. The van der Waals surface area contributed by atoms with Crippen LogP contribution in [0.3, 0.4) is 0 Å². The Labute approximate surface area is 223 Å². The highest BCUT2D eigenvalue weighted by molar-refractivity contribution is 7.18. The van der Waals surface area contributed by atoms with Crippen LogP contribution in [0.4, 0.5) is 0 Å². The third-order valence-corrected chi connectivity index (χ3v) is 8.14. The minimum absolute atomic E-state index is 0.0338. The first-order valence-electron chi connectivity index (χ1n) is 13.1. The molecule has 8 heteroatoms. The lowest BCUT2D eigenvalue weighted by Crippen LogP contribution is -2.45. The maximum Gasteiger partial charge on any atom is 0.224 e. The third kappa shape index (κ3) is 8.05. The first-order chi connectivity index (χ1) is 17.7. The molecule has 2 atom stereocenters. The molecular formula is C29H37N3O4S. The number of benzene rings is 1. The molecule has 1 aromatic carbocycles. The lowest BCUT2D eigenvalue weighted by atomic mass is 9.87. The quantitative estimate of drug-likeness (QED) is 0.282. The fourth-order valence-electron chi connectivity index (χ4n) is 4.67. The molecule has 3 rings (SSSR count). The van der Waals surface area contributed by atoms with Crippen molar-refractivity contribution < 1.29 is 19.1 Å². The van der Waals surface area contributed by atoms with Gasteiger partial charge in [-0.05, 0) is 48.8 Å². The van der Waals surface area contributed by atoms with Gasteiger partial charge in [0.15, 0.2) is 5.78 Å². The number of hydrogen-bond acceptors (Lipinski definition) is 7. The fourth-order valence-corrected chi connectivity index (χ4v) is 5.76. The highest BCUT2D eigenvalue weighted by Gasteiger charge is 2.30. The normalized spacial score (nSPS) is 15.8. The summed E-state index contributed by atoms with van der Waals surface area (Å²) in [6.07, 6.45) is 3.04. The van der Waals surface area contributed by atoms with Crippen LogP contribution in [0, 0.1) is 23.2 Å². The Hall–Kier alpha value is -2.89. The second kappa shape index (κ2) is 13.6. The Morgan fingerprint density at radius 1 is 1.27 bits per heavy atom. The van der Waals surface area contributed by atoms with Crippen LogP contribution in [0.1, 0.15) is 75.8 Å². The maximum absolute atomic E-state index is 13.6. The van der Waals surface area contributed by atoms with E-state index >= 15 is 0 Å². The first kappa shape index (κ1) is 28.7. The van der Waals surface area contributed by atoms with E-state index in [1.54, 1.807) is 18.3 Å². The van der Waals surface area contributed by atoms with Crippen LogP contribution in [-0.2, 0) is 25.5 Å². The van der Waals surface area contributed by atoms with Gasteiger partial charge in [0, 0.05) is 44.9 Å². The summed E-state index contributed by atoms with van der Waals surface area (Å²) in [6.45, 7) is 10.8. The van der Waals surface area contributed by atoms with E-state index in [0.717, 1.165) is 28.1 Å². The standard InChI is InChI=1S/C29H37N3O4S/c1-5-23(33)14-22(16-28-31-25-7-6-21(18(2)3)15-27(25)37-28)29(35)32-24(20-10-12-36-13-11-20)8-9-26(34)19(4)17-30/h6-7,15,18,20,22,24H,4-5,8-14,16H2,1-3H3,(H,32,35)/t22-,24+/m0/s1. The summed E-state index contributed by atoms with van der Waals surface area (Å²) < 4.78 is 6.58. The van der Waals surface area contributed by atoms with Crippen molar-refractivity contribution >= 4 is 39.0 Å². The average molecular weight is 524 g/mol. The van der Waals surface area contributed by atoms with E-state index < -0.39 is 5.92 Å². The smallest absolute Gasteiger partial charge is 0.224 e. The number of ether oxygens (including phenoxy) is 1. The molecule has 0 aliphatic carbocycles. The van der Waals surface area contributed by atoms with Gasteiger partial charge in [0.25, 0.3) is 0 Å². The number of rotatable bonds is 13. The number of carbonyl (C=O) groups is 3. The molecule has 2 aromatic rings. The van der Waals surface area contributed by atoms with Gasteiger partial charge in [0.1, 0.15) is 11.9 Å². The molecule has 0 bridgehead atoms. The van der Waals surface area contributed by atoms with E-state index in [1.807, 2.05) is 12.1 Å². The van der Waals surface area contributed by atoms with E-state index in [0.29, 0.717) is 38.4 Å². The molecule has 1 aromatic heterocycles. The fraction of sp³-hybridized carbons (Fsp3) is 0.552. The molecule has 37 heavy (non-hydrogen) atoms. The Morgan fingerprint density at radius 3 is 2.65 bits per heavy atom. The van der Waals surface area contributed by atoms with Crippen molar-refractivity contribution in [2.24, 2.45) is 11.8 Å². The van der Waals surface area contributed by atoms with Crippen LogP contribution in [0.5, 0.6) is 0 Å². The van der Waals surface area contributed by atoms with E-state index in [4.69, 9.17) is 15.0 Å². The van der Waals surface area contributed by atoms with Gasteiger partial charge in [-0.25, -0.2) is 4.98 Å².